The molecule has 63 heavy (non-hydrogen) atoms. The van der Waals surface area contributed by atoms with Gasteiger partial charge in [0.15, 0.2) is 0 Å². The standard InChI is InChI=1S/C49H104S12Si2/c1-38(50)44(7)56-24-18-32-62(33-19-25-57-45(8)39(2)51,34-20-26-58-46(9)40(3)52)30-16-14-13-15-17-31-63(35-21-27-59-47(10)41(4)53,36-22-28-60-48(11)42(5)54)37-23-29-61-49(12)43(6)55/h38-55H,13-37H2,1-12H3. The summed E-state index contributed by atoms with van der Waals surface area (Å²) in [6.07, 6.45) is 15.7. The maximum Gasteiger partial charge on any atom is 0.0536 e. The quantitative estimate of drug-likeness (QED) is 0.0203. The van der Waals surface area contributed by atoms with Crippen molar-refractivity contribution in [2.45, 2.75) is 265 Å². The lowest BCUT2D eigenvalue weighted by atomic mass is 10.2. The van der Waals surface area contributed by atoms with Crippen LogP contribution < -0.4 is 0 Å². The summed E-state index contributed by atoms with van der Waals surface area (Å²) in [7, 11) is -2.81. The molecule has 0 fully saturated rings. The van der Waals surface area contributed by atoms with Crippen LogP contribution in [-0.4, -0.2) is 114 Å². The number of thiol groups is 6. The van der Waals surface area contributed by atoms with E-state index in [9.17, 15) is 0 Å². The minimum Gasteiger partial charge on any atom is -0.175 e. The molecule has 0 spiro atoms. The summed E-state index contributed by atoms with van der Waals surface area (Å²) in [6.45, 7) is 27.9. The molecule has 0 aromatic rings. The average Bonchev–Trinajstić information content (AvgIpc) is 3.22. The second-order valence-corrected chi connectivity index (χ2v) is 43.6. The van der Waals surface area contributed by atoms with Gasteiger partial charge in [0.05, 0.1) is 16.1 Å². The number of rotatable bonds is 44. The Morgan fingerprint density at radius 2 is 0.381 bits per heavy atom. The van der Waals surface area contributed by atoms with Crippen LogP contribution in [0.15, 0.2) is 0 Å². The second-order valence-electron chi connectivity index (χ2n) is 19.8. The molecule has 0 aromatic carbocycles. The van der Waals surface area contributed by atoms with Gasteiger partial charge >= 0.3 is 0 Å². The molecule has 0 saturated heterocycles. The zero-order valence-electron chi connectivity index (χ0n) is 42.7. The molecule has 0 aliphatic heterocycles. The molecule has 0 amide bonds. The molecule has 0 saturated carbocycles. The Balaban J connectivity index is 5.94. The third-order valence-corrected chi connectivity index (χ3v) is 37.8. The third kappa shape index (κ3) is 35.4. The highest BCUT2D eigenvalue weighted by atomic mass is 32.2. The first-order valence-electron chi connectivity index (χ1n) is 25.5. The maximum atomic E-state index is 4.78. The van der Waals surface area contributed by atoms with E-state index in [4.69, 9.17) is 75.8 Å². The smallest absolute Gasteiger partial charge is 0.0536 e. The summed E-state index contributed by atoms with van der Waals surface area (Å²) in [5.41, 5.74) is 0. The third-order valence-electron chi connectivity index (χ3n) is 13.9. The SMILES string of the molecule is CC(S)C(C)SCCC[Si](CCCCCCC[Si](CCCSC(C)C(C)S)(CCCSC(C)C(C)S)CCCSC(C)C(C)S)(CCCSC(C)C(C)S)CCCSC(C)C(C)S. The predicted octanol–water partition coefficient (Wildman–Crippen LogP) is 18.8. The van der Waals surface area contributed by atoms with E-state index in [1.54, 1.807) is 12.1 Å². The Hall–Kier alpha value is 4.63. The van der Waals surface area contributed by atoms with E-state index in [2.05, 4.69) is 154 Å². The summed E-state index contributed by atoms with van der Waals surface area (Å²) in [5.74, 6) is 7.85. The van der Waals surface area contributed by atoms with Crippen LogP contribution in [0, 0.1) is 0 Å². The molecule has 0 radical (unpaired) electrons. The fraction of sp³-hybridized carbons (Fsp3) is 1.00. The lowest BCUT2D eigenvalue weighted by molar-refractivity contribution is 0.643. The predicted molar refractivity (Wildman–Crippen MR) is 343 cm³/mol. The molecule has 0 aromatic heterocycles. The van der Waals surface area contributed by atoms with Crippen LogP contribution in [0.3, 0.4) is 0 Å². The van der Waals surface area contributed by atoms with Crippen molar-refractivity contribution in [2.75, 3.05) is 34.5 Å². The molecule has 0 bridgehead atoms. The Kier molecular flexibility index (Phi) is 44.1. The molecular weight excluding hydrogens is 1030 g/mol. The largest absolute Gasteiger partial charge is 0.175 e. The molecule has 0 aliphatic rings. The van der Waals surface area contributed by atoms with Crippen LogP contribution in [0.1, 0.15) is 154 Å². The molecule has 0 heterocycles. The van der Waals surface area contributed by atoms with E-state index in [0.29, 0.717) is 63.0 Å². The highest BCUT2D eigenvalue weighted by Gasteiger charge is 2.33. The van der Waals surface area contributed by atoms with Crippen LogP contribution in [0.2, 0.25) is 48.4 Å². The minimum absolute atomic E-state index is 0.464. The Morgan fingerprint density at radius 1 is 0.238 bits per heavy atom. The van der Waals surface area contributed by atoms with Crippen molar-refractivity contribution >= 4 is 162 Å². The molecule has 12 atom stereocenters. The molecule has 0 rings (SSSR count). The van der Waals surface area contributed by atoms with E-state index >= 15 is 0 Å². The van der Waals surface area contributed by atoms with Crippen LogP contribution in [0.25, 0.3) is 0 Å². The number of hydrogen-bond donors (Lipinski definition) is 6. The van der Waals surface area contributed by atoms with E-state index in [0.717, 1.165) is 0 Å². The summed E-state index contributed by atoms with van der Waals surface area (Å²) in [4.78, 5) is 0. The molecule has 0 N–H and O–H groups in total. The highest BCUT2D eigenvalue weighted by molar-refractivity contribution is 8.02. The van der Waals surface area contributed by atoms with Crippen LogP contribution in [0.5, 0.6) is 0 Å². The highest BCUT2D eigenvalue weighted by Crippen LogP contribution is 2.38. The molecular formula is C49H104S12Si2. The molecule has 12 unspecified atom stereocenters. The van der Waals surface area contributed by atoms with Gasteiger partial charge in [-0.25, -0.2) is 0 Å². The first-order chi connectivity index (χ1) is 29.7. The Bertz CT molecular complexity index is 848. The van der Waals surface area contributed by atoms with Crippen molar-refractivity contribution in [3.63, 3.8) is 0 Å². The Labute approximate surface area is 457 Å². The van der Waals surface area contributed by atoms with Gasteiger partial charge in [-0.2, -0.15) is 146 Å². The van der Waals surface area contributed by atoms with Crippen molar-refractivity contribution in [3.05, 3.63) is 0 Å². The topological polar surface area (TPSA) is 0 Å². The van der Waals surface area contributed by atoms with Crippen molar-refractivity contribution in [3.8, 4) is 0 Å². The first kappa shape index (κ1) is 67.6. The zero-order valence-corrected chi connectivity index (χ0v) is 55.0. The van der Waals surface area contributed by atoms with Crippen molar-refractivity contribution in [1.29, 1.82) is 0 Å². The van der Waals surface area contributed by atoms with Gasteiger partial charge < -0.3 is 0 Å². The summed E-state index contributed by atoms with van der Waals surface area (Å²) in [6, 6.07) is 12.3. The average molecular weight is 1130 g/mol. The zero-order chi connectivity index (χ0) is 47.8. The van der Waals surface area contributed by atoms with Gasteiger partial charge in [-0.05, 0) is 73.0 Å². The fourth-order valence-electron chi connectivity index (χ4n) is 8.16. The fourth-order valence-corrected chi connectivity index (χ4v) is 27.6. The minimum atomic E-state index is -1.40. The van der Waals surface area contributed by atoms with E-state index in [1.165, 1.54) is 141 Å². The van der Waals surface area contributed by atoms with Crippen molar-refractivity contribution in [1.82, 2.24) is 0 Å². The first-order valence-corrected chi connectivity index (χ1v) is 40.5. The van der Waals surface area contributed by atoms with Gasteiger partial charge in [-0.3, -0.25) is 0 Å². The normalized spacial score (nSPS) is 20.1. The van der Waals surface area contributed by atoms with Crippen LogP contribution in [-0.2, 0) is 0 Å². The van der Waals surface area contributed by atoms with E-state index < -0.39 is 16.1 Å². The maximum absolute atomic E-state index is 4.78. The summed E-state index contributed by atoms with van der Waals surface area (Å²) < 4.78 is 0. The van der Waals surface area contributed by atoms with Gasteiger partial charge in [-0.15, -0.1) is 0 Å². The van der Waals surface area contributed by atoms with Gasteiger partial charge in [0.25, 0.3) is 0 Å². The number of thioether (sulfide) groups is 6. The van der Waals surface area contributed by atoms with Crippen molar-refractivity contribution in [2.24, 2.45) is 0 Å². The molecule has 0 nitrogen and oxygen atoms in total. The summed E-state index contributed by atoms with van der Waals surface area (Å²) in [5, 5.41) is 6.57. The van der Waals surface area contributed by atoms with Gasteiger partial charge in [0.1, 0.15) is 0 Å². The lowest BCUT2D eigenvalue weighted by Crippen LogP contribution is -2.35. The van der Waals surface area contributed by atoms with Gasteiger partial charge in [-0.1, -0.05) is 164 Å². The van der Waals surface area contributed by atoms with Crippen LogP contribution in [0.4, 0.5) is 0 Å². The van der Waals surface area contributed by atoms with Crippen LogP contribution >= 0.6 is 146 Å². The monoisotopic (exact) mass is 1130 g/mol. The number of unbranched alkanes of at least 4 members (excludes halogenated alkanes) is 4. The Morgan fingerprint density at radius 3 is 0.540 bits per heavy atom. The second kappa shape index (κ2) is 41.0. The van der Waals surface area contributed by atoms with E-state index in [1.807, 2.05) is 0 Å². The molecule has 14 heteroatoms. The molecule has 0 aliphatic carbocycles. The van der Waals surface area contributed by atoms with Gasteiger partial charge in [0, 0.05) is 63.0 Å². The van der Waals surface area contributed by atoms with Crippen molar-refractivity contribution < 1.29 is 0 Å². The van der Waals surface area contributed by atoms with Gasteiger partial charge in [0.2, 0.25) is 0 Å². The summed E-state index contributed by atoms with van der Waals surface area (Å²) >= 11 is 41.7. The molecule has 380 valence electrons. The van der Waals surface area contributed by atoms with E-state index in [-0.39, 0.29) is 0 Å². The number of hydrogen-bond acceptors (Lipinski definition) is 12. The lowest BCUT2D eigenvalue weighted by Gasteiger charge is -2.34.